The van der Waals surface area contributed by atoms with Crippen LogP contribution in [0.15, 0.2) is 53.4 Å². The van der Waals surface area contributed by atoms with Gasteiger partial charge in [-0.05, 0) is 68.5 Å². The van der Waals surface area contributed by atoms with E-state index >= 15 is 0 Å². The summed E-state index contributed by atoms with van der Waals surface area (Å²) < 4.78 is 36.2. The van der Waals surface area contributed by atoms with Crippen LogP contribution in [0, 0.1) is 18.8 Å². The first kappa shape index (κ1) is 26.3. The smallest absolute Gasteiger partial charge is 0.256 e. The molecule has 1 aliphatic rings. The highest BCUT2D eigenvalue weighted by atomic mass is 32.2. The van der Waals surface area contributed by atoms with Crippen molar-refractivity contribution in [1.82, 2.24) is 19.1 Å². The fraction of sp³-hybridized carbons (Fsp3) is 0.370. The number of hydrogen-bond donors (Lipinski definition) is 1. The van der Waals surface area contributed by atoms with Gasteiger partial charge in [-0.3, -0.25) is 4.79 Å². The van der Waals surface area contributed by atoms with Gasteiger partial charge in [0.05, 0.1) is 21.9 Å². The Balaban J connectivity index is 1.37. The molecule has 2 atom stereocenters. The lowest BCUT2D eigenvalue weighted by Gasteiger charge is -2.34. The summed E-state index contributed by atoms with van der Waals surface area (Å²) in [6.07, 6.45) is 1.02. The molecule has 5 rings (SSSR count). The Labute approximate surface area is 226 Å². The number of thiazole rings is 1. The Morgan fingerprint density at radius 1 is 1.13 bits per heavy atom. The van der Waals surface area contributed by atoms with Crippen LogP contribution in [0.3, 0.4) is 0 Å². The van der Waals surface area contributed by atoms with Gasteiger partial charge in [-0.15, -0.1) is 0 Å². The number of nitrogens with one attached hydrogen (secondary N) is 1. The van der Waals surface area contributed by atoms with E-state index in [2.05, 4.69) is 24.3 Å². The van der Waals surface area contributed by atoms with Crippen molar-refractivity contribution < 1.29 is 17.9 Å². The molecule has 0 saturated carbocycles. The van der Waals surface area contributed by atoms with Crippen LogP contribution < -0.4 is 10.1 Å². The van der Waals surface area contributed by atoms with Crippen LogP contribution in [0.5, 0.6) is 5.75 Å². The zero-order valence-electron chi connectivity index (χ0n) is 21.8. The van der Waals surface area contributed by atoms with Crippen LogP contribution in [0.1, 0.15) is 43.2 Å². The Morgan fingerprint density at radius 3 is 2.53 bits per heavy atom. The number of fused-ring (bicyclic) bond motifs is 1. The highest BCUT2D eigenvalue weighted by Gasteiger charge is 2.31. The molecule has 1 aliphatic heterocycles. The molecule has 2 unspecified atom stereocenters. The van der Waals surface area contributed by atoms with E-state index in [1.807, 2.05) is 32.0 Å². The van der Waals surface area contributed by atoms with E-state index in [-0.39, 0.29) is 10.8 Å². The molecule has 200 valence electrons. The van der Waals surface area contributed by atoms with Gasteiger partial charge in [0.25, 0.3) is 5.91 Å². The average Bonchev–Trinajstić information content (AvgIpc) is 3.47. The SMILES string of the molecule is CCOc1cccc2sc(-n3nc(C)cc3NC(=O)c3ccc(S(=O)(=O)N4CC(C)CC(C)C4)cc3)nc12. The third kappa shape index (κ3) is 5.18. The van der Waals surface area contributed by atoms with Crippen LogP contribution in [0.2, 0.25) is 0 Å². The van der Waals surface area contributed by atoms with Crippen LogP contribution in [-0.2, 0) is 10.0 Å². The molecule has 1 fully saturated rings. The first-order chi connectivity index (χ1) is 18.2. The first-order valence-electron chi connectivity index (χ1n) is 12.7. The largest absolute Gasteiger partial charge is 0.492 e. The van der Waals surface area contributed by atoms with E-state index in [9.17, 15) is 13.2 Å². The molecule has 1 N–H and O–H groups in total. The zero-order valence-corrected chi connectivity index (χ0v) is 23.5. The summed E-state index contributed by atoms with van der Waals surface area (Å²) in [4.78, 5) is 18.0. The number of rotatable bonds is 7. The monoisotopic (exact) mass is 553 g/mol. The number of aromatic nitrogens is 3. The molecule has 0 spiro atoms. The van der Waals surface area contributed by atoms with E-state index in [4.69, 9.17) is 9.72 Å². The molecule has 1 amide bonds. The molecule has 2 aromatic carbocycles. The lowest BCUT2D eigenvalue weighted by molar-refractivity contribution is 0.102. The normalized spacial score (nSPS) is 18.5. The van der Waals surface area contributed by atoms with Gasteiger partial charge in [0.15, 0.2) is 0 Å². The molecule has 0 aliphatic carbocycles. The molecule has 3 heterocycles. The number of nitrogens with zero attached hydrogens (tertiary/aromatic N) is 4. The van der Waals surface area contributed by atoms with Gasteiger partial charge in [0, 0.05) is 24.7 Å². The Morgan fingerprint density at radius 2 is 1.84 bits per heavy atom. The maximum Gasteiger partial charge on any atom is 0.256 e. The first-order valence-corrected chi connectivity index (χ1v) is 14.9. The maximum absolute atomic E-state index is 13.2. The minimum atomic E-state index is -3.62. The molecular weight excluding hydrogens is 522 g/mol. The molecule has 2 aromatic heterocycles. The highest BCUT2D eigenvalue weighted by molar-refractivity contribution is 7.89. The molecule has 4 aromatic rings. The number of benzene rings is 2. The van der Waals surface area contributed by atoms with Crippen molar-refractivity contribution in [3.05, 3.63) is 59.8 Å². The standard InChI is InChI=1S/C27H31N5O4S2/c1-5-36-22-7-6-8-23-25(22)29-27(37-23)32-24(14-19(4)30-32)28-26(33)20-9-11-21(12-10-20)38(34,35)31-15-17(2)13-18(3)16-31/h6-12,14,17-18H,5,13,15-16H2,1-4H3,(H,28,33). The van der Waals surface area contributed by atoms with Crippen molar-refractivity contribution in [3.63, 3.8) is 0 Å². The van der Waals surface area contributed by atoms with E-state index in [0.717, 1.165) is 22.3 Å². The van der Waals surface area contributed by atoms with E-state index in [1.54, 1.807) is 27.2 Å². The summed E-state index contributed by atoms with van der Waals surface area (Å²) in [5.74, 6) is 1.43. The minimum absolute atomic E-state index is 0.191. The van der Waals surface area contributed by atoms with Gasteiger partial charge in [-0.25, -0.2) is 13.4 Å². The second-order valence-corrected chi connectivity index (χ2v) is 12.8. The Kier molecular flexibility index (Phi) is 7.26. The van der Waals surface area contributed by atoms with E-state index < -0.39 is 10.0 Å². The molecule has 0 bridgehead atoms. The lowest BCUT2D eigenvalue weighted by Crippen LogP contribution is -2.42. The second kappa shape index (κ2) is 10.5. The summed E-state index contributed by atoms with van der Waals surface area (Å²) in [5.41, 5.74) is 1.81. The van der Waals surface area contributed by atoms with Gasteiger partial charge in [0.1, 0.15) is 17.1 Å². The van der Waals surface area contributed by atoms with Crippen LogP contribution in [-0.4, -0.2) is 53.1 Å². The molecule has 9 nitrogen and oxygen atoms in total. The summed E-state index contributed by atoms with van der Waals surface area (Å²) in [5, 5.41) is 8.03. The van der Waals surface area contributed by atoms with Gasteiger partial charge >= 0.3 is 0 Å². The number of sulfonamides is 1. The average molecular weight is 554 g/mol. The zero-order chi connectivity index (χ0) is 27.0. The third-order valence-corrected chi connectivity index (χ3v) is 9.36. The van der Waals surface area contributed by atoms with Crippen molar-refractivity contribution in [3.8, 4) is 10.9 Å². The molecular formula is C27H31N5O4S2. The molecule has 1 saturated heterocycles. The predicted octanol–water partition coefficient (Wildman–Crippen LogP) is 5.11. The van der Waals surface area contributed by atoms with Crippen molar-refractivity contribution in [2.45, 2.75) is 39.0 Å². The van der Waals surface area contributed by atoms with Crippen molar-refractivity contribution in [2.24, 2.45) is 11.8 Å². The minimum Gasteiger partial charge on any atom is -0.492 e. The number of aryl methyl sites for hydroxylation is 1. The van der Waals surface area contributed by atoms with Crippen molar-refractivity contribution in [1.29, 1.82) is 0 Å². The lowest BCUT2D eigenvalue weighted by atomic mass is 9.94. The topological polar surface area (TPSA) is 106 Å². The maximum atomic E-state index is 13.2. The number of para-hydroxylation sites is 1. The summed E-state index contributed by atoms with van der Waals surface area (Å²) in [7, 11) is -3.62. The highest BCUT2D eigenvalue weighted by Crippen LogP contribution is 2.33. The molecule has 0 radical (unpaired) electrons. The summed E-state index contributed by atoms with van der Waals surface area (Å²) in [6, 6.07) is 13.6. The number of ether oxygens (including phenoxy) is 1. The number of carbonyl (C=O) groups excluding carboxylic acids is 1. The van der Waals surface area contributed by atoms with Crippen LogP contribution in [0.4, 0.5) is 5.82 Å². The van der Waals surface area contributed by atoms with Crippen LogP contribution in [0.25, 0.3) is 15.3 Å². The van der Waals surface area contributed by atoms with E-state index in [1.165, 1.54) is 23.5 Å². The van der Waals surface area contributed by atoms with Gasteiger partial charge in [-0.2, -0.15) is 14.1 Å². The molecule has 38 heavy (non-hydrogen) atoms. The summed E-state index contributed by atoms with van der Waals surface area (Å²) >= 11 is 1.45. The number of anilines is 1. The van der Waals surface area contributed by atoms with Gasteiger partial charge < -0.3 is 10.1 Å². The number of piperidine rings is 1. The van der Waals surface area contributed by atoms with Crippen LogP contribution >= 0.6 is 11.3 Å². The third-order valence-electron chi connectivity index (χ3n) is 6.51. The van der Waals surface area contributed by atoms with Gasteiger partial charge in [0.2, 0.25) is 15.2 Å². The Hall–Kier alpha value is -3.28. The fourth-order valence-electron chi connectivity index (χ4n) is 4.93. The number of amides is 1. The van der Waals surface area contributed by atoms with Crippen molar-refractivity contribution >= 4 is 43.3 Å². The van der Waals surface area contributed by atoms with E-state index in [0.29, 0.717) is 53.8 Å². The molecule has 11 heteroatoms. The Bertz CT molecular complexity index is 1570. The predicted molar refractivity (Wildman–Crippen MR) is 149 cm³/mol. The van der Waals surface area contributed by atoms with Crippen molar-refractivity contribution in [2.75, 3.05) is 25.0 Å². The summed E-state index contributed by atoms with van der Waals surface area (Å²) in [6.45, 7) is 9.46. The number of hydrogen-bond acceptors (Lipinski definition) is 7. The second-order valence-electron chi connectivity index (χ2n) is 9.86. The van der Waals surface area contributed by atoms with Gasteiger partial charge in [-0.1, -0.05) is 31.3 Å². The quantitative estimate of drug-likeness (QED) is 0.341. The fourth-order valence-corrected chi connectivity index (χ4v) is 7.55. The number of carbonyl (C=O) groups is 1.